The molecule has 2 atom stereocenters. The molecular formula is C21H27N3O4S. The predicted molar refractivity (Wildman–Crippen MR) is 112 cm³/mol. The zero-order valence-electron chi connectivity index (χ0n) is 16.8. The molecule has 2 aliphatic heterocycles. The van der Waals surface area contributed by atoms with Crippen molar-refractivity contribution in [2.24, 2.45) is 0 Å². The van der Waals surface area contributed by atoms with Crippen LogP contribution in [0.3, 0.4) is 0 Å². The third-order valence-electron chi connectivity index (χ3n) is 5.76. The van der Waals surface area contributed by atoms with Crippen LogP contribution in [0, 0.1) is 0 Å². The molecule has 2 aliphatic rings. The Morgan fingerprint density at radius 2 is 2.03 bits per heavy atom. The first-order valence-corrected chi connectivity index (χ1v) is 11.9. The summed E-state index contributed by atoms with van der Waals surface area (Å²) in [4.78, 5) is 15.1. The molecule has 0 bridgehead atoms. The van der Waals surface area contributed by atoms with Gasteiger partial charge in [0.25, 0.3) is 5.91 Å². The molecule has 0 radical (unpaired) electrons. The van der Waals surface area contributed by atoms with E-state index in [-0.39, 0.29) is 18.0 Å². The van der Waals surface area contributed by atoms with Crippen LogP contribution >= 0.6 is 0 Å². The van der Waals surface area contributed by atoms with Gasteiger partial charge in [0.2, 0.25) is 10.0 Å². The van der Waals surface area contributed by atoms with E-state index in [0.29, 0.717) is 24.2 Å². The highest BCUT2D eigenvalue weighted by Crippen LogP contribution is 2.34. The first-order chi connectivity index (χ1) is 13.8. The fourth-order valence-electron chi connectivity index (χ4n) is 4.48. The molecule has 8 heteroatoms. The number of rotatable bonds is 6. The quantitative estimate of drug-likeness (QED) is 0.781. The summed E-state index contributed by atoms with van der Waals surface area (Å²) < 4.78 is 31.2. The number of carbonyl (C=O) groups excluding carboxylic acids is 1. The van der Waals surface area contributed by atoms with Crippen molar-refractivity contribution in [2.45, 2.75) is 38.3 Å². The Morgan fingerprint density at radius 1 is 1.28 bits per heavy atom. The second kappa shape index (κ2) is 7.84. The van der Waals surface area contributed by atoms with E-state index < -0.39 is 10.0 Å². The minimum absolute atomic E-state index is 0.0200. The fourth-order valence-corrected chi connectivity index (χ4v) is 5.75. The molecule has 29 heavy (non-hydrogen) atoms. The minimum Gasteiger partial charge on any atom is -0.468 e. The lowest BCUT2D eigenvalue weighted by atomic mass is 10.1. The van der Waals surface area contributed by atoms with Crippen molar-refractivity contribution in [1.82, 2.24) is 10.2 Å². The van der Waals surface area contributed by atoms with Gasteiger partial charge >= 0.3 is 0 Å². The molecule has 2 aromatic rings. The first-order valence-electron chi connectivity index (χ1n) is 10.0. The summed E-state index contributed by atoms with van der Waals surface area (Å²) in [6, 6.07) is 8.94. The highest BCUT2D eigenvalue weighted by Gasteiger charge is 2.33. The second-order valence-electron chi connectivity index (χ2n) is 7.94. The van der Waals surface area contributed by atoms with E-state index in [9.17, 15) is 13.2 Å². The van der Waals surface area contributed by atoms with E-state index in [0.717, 1.165) is 37.3 Å². The number of benzene rings is 1. The average Bonchev–Trinajstić information content (AvgIpc) is 3.41. The second-order valence-corrected chi connectivity index (χ2v) is 9.80. The van der Waals surface area contributed by atoms with Crippen molar-refractivity contribution in [3.05, 3.63) is 53.5 Å². The van der Waals surface area contributed by atoms with Gasteiger partial charge < -0.3 is 9.73 Å². The van der Waals surface area contributed by atoms with E-state index in [1.54, 1.807) is 18.4 Å². The van der Waals surface area contributed by atoms with Gasteiger partial charge in [0.15, 0.2) is 0 Å². The zero-order valence-corrected chi connectivity index (χ0v) is 17.6. The SMILES string of the molecule is C[C@H]1Cc2cc(C(=O)NC[C@@H](c3ccco3)N3CCCC3)ccc2N1S(C)(=O)=O. The molecule has 1 saturated heterocycles. The topological polar surface area (TPSA) is 82.9 Å². The first kappa shape index (κ1) is 20.0. The molecule has 0 unspecified atom stereocenters. The standard InChI is InChI=1S/C21H27N3O4S/c1-15-12-17-13-16(7-8-18(17)24(15)29(2,26)27)21(25)22-14-19(20-6-5-11-28-20)23-9-3-4-10-23/h5-8,11,13,15,19H,3-4,9-10,12,14H2,1-2H3,(H,22,25)/t15-,19-/m0/s1. The summed E-state index contributed by atoms with van der Waals surface area (Å²) in [5.74, 6) is 0.702. The number of likely N-dealkylation sites (tertiary alicyclic amines) is 1. The maximum absolute atomic E-state index is 12.8. The third-order valence-corrected chi connectivity index (χ3v) is 7.03. The molecule has 1 aromatic carbocycles. The molecule has 0 aliphatic carbocycles. The van der Waals surface area contributed by atoms with Crippen LogP contribution in [0.5, 0.6) is 0 Å². The van der Waals surface area contributed by atoms with Crippen molar-refractivity contribution in [2.75, 3.05) is 30.2 Å². The Hall–Kier alpha value is -2.32. The molecule has 3 heterocycles. The van der Waals surface area contributed by atoms with Gasteiger partial charge in [-0.1, -0.05) is 0 Å². The van der Waals surface area contributed by atoms with Crippen molar-refractivity contribution < 1.29 is 17.6 Å². The maximum Gasteiger partial charge on any atom is 0.251 e. The zero-order chi connectivity index (χ0) is 20.6. The van der Waals surface area contributed by atoms with Gasteiger partial charge in [-0.05, 0) is 75.2 Å². The van der Waals surface area contributed by atoms with Crippen LogP contribution in [0.1, 0.15) is 47.5 Å². The Bertz CT molecular complexity index is 981. The molecule has 7 nitrogen and oxygen atoms in total. The summed E-state index contributed by atoms with van der Waals surface area (Å²) >= 11 is 0. The van der Waals surface area contributed by atoms with Gasteiger partial charge in [-0.25, -0.2) is 8.42 Å². The lowest BCUT2D eigenvalue weighted by Crippen LogP contribution is -2.36. The maximum atomic E-state index is 12.8. The molecule has 1 fully saturated rings. The Morgan fingerprint density at radius 3 is 2.69 bits per heavy atom. The summed E-state index contributed by atoms with van der Waals surface area (Å²) in [6.07, 6.45) is 5.80. The molecule has 0 saturated carbocycles. The number of amides is 1. The average molecular weight is 418 g/mol. The normalized spacial score (nSPS) is 20.6. The minimum atomic E-state index is -3.34. The highest BCUT2D eigenvalue weighted by atomic mass is 32.2. The number of nitrogens with one attached hydrogen (secondary N) is 1. The molecule has 1 aromatic heterocycles. The lowest BCUT2D eigenvalue weighted by Gasteiger charge is -2.26. The molecule has 1 N–H and O–H groups in total. The van der Waals surface area contributed by atoms with Crippen LogP contribution in [0.2, 0.25) is 0 Å². The monoisotopic (exact) mass is 417 g/mol. The van der Waals surface area contributed by atoms with E-state index in [2.05, 4.69) is 10.2 Å². The molecule has 1 amide bonds. The Balaban J connectivity index is 1.48. The van der Waals surface area contributed by atoms with Gasteiger partial charge in [-0.3, -0.25) is 14.0 Å². The van der Waals surface area contributed by atoms with Crippen LogP contribution in [-0.4, -0.2) is 51.2 Å². The predicted octanol–water partition coefficient (Wildman–Crippen LogP) is 2.56. The van der Waals surface area contributed by atoms with E-state index >= 15 is 0 Å². The largest absolute Gasteiger partial charge is 0.468 e. The van der Waals surface area contributed by atoms with Crippen molar-refractivity contribution >= 4 is 21.6 Å². The molecule has 156 valence electrons. The summed E-state index contributed by atoms with van der Waals surface area (Å²) in [5, 5.41) is 3.04. The molecule has 4 rings (SSSR count). The third kappa shape index (κ3) is 4.04. The van der Waals surface area contributed by atoms with Gasteiger partial charge in [0.05, 0.1) is 24.2 Å². The van der Waals surface area contributed by atoms with E-state index in [4.69, 9.17) is 4.42 Å². The number of furan rings is 1. The number of anilines is 1. The van der Waals surface area contributed by atoms with E-state index in [1.165, 1.54) is 10.6 Å². The van der Waals surface area contributed by atoms with E-state index in [1.807, 2.05) is 25.1 Å². The van der Waals surface area contributed by atoms with Crippen LogP contribution < -0.4 is 9.62 Å². The molecule has 0 spiro atoms. The summed E-state index contributed by atoms with van der Waals surface area (Å²) in [5.41, 5.74) is 2.10. The van der Waals surface area contributed by atoms with Gasteiger partial charge in [-0.2, -0.15) is 0 Å². The lowest BCUT2D eigenvalue weighted by molar-refractivity contribution is 0.0933. The van der Waals surface area contributed by atoms with Crippen molar-refractivity contribution in [1.29, 1.82) is 0 Å². The Labute approximate surface area is 171 Å². The van der Waals surface area contributed by atoms with Crippen LogP contribution in [0.4, 0.5) is 5.69 Å². The summed E-state index contributed by atoms with van der Waals surface area (Å²) in [6.45, 7) is 4.35. The number of sulfonamides is 1. The van der Waals surface area contributed by atoms with Gasteiger partial charge in [0.1, 0.15) is 5.76 Å². The number of nitrogens with zero attached hydrogens (tertiary/aromatic N) is 2. The summed E-state index contributed by atoms with van der Waals surface area (Å²) in [7, 11) is -3.34. The molecular weight excluding hydrogens is 390 g/mol. The highest BCUT2D eigenvalue weighted by molar-refractivity contribution is 7.92. The number of hydrogen-bond acceptors (Lipinski definition) is 5. The number of fused-ring (bicyclic) bond motifs is 1. The Kier molecular flexibility index (Phi) is 5.40. The van der Waals surface area contributed by atoms with Gasteiger partial charge in [-0.15, -0.1) is 0 Å². The van der Waals surface area contributed by atoms with Crippen LogP contribution in [0.15, 0.2) is 41.0 Å². The smallest absolute Gasteiger partial charge is 0.251 e. The fraction of sp³-hybridized carbons (Fsp3) is 0.476. The number of hydrogen-bond donors (Lipinski definition) is 1. The van der Waals surface area contributed by atoms with Gasteiger partial charge in [0, 0.05) is 18.2 Å². The van der Waals surface area contributed by atoms with Crippen LogP contribution in [0.25, 0.3) is 0 Å². The van der Waals surface area contributed by atoms with Crippen LogP contribution in [-0.2, 0) is 16.4 Å². The van der Waals surface area contributed by atoms with Crippen molar-refractivity contribution in [3.63, 3.8) is 0 Å². The number of carbonyl (C=O) groups is 1. The van der Waals surface area contributed by atoms with Crippen molar-refractivity contribution in [3.8, 4) is 0 Å².